The molecule has 4 heteroatoms. The van der Waals surface area contributed by atoms with Crippen molar-refractivity contribution in [3.05, 3.63) is 34.9 Å². The Morgan fingerprint density at radius 1 is 1.47 bits per heavy atom. The molecule has 1 aromatic rings. The Hall–Kier alpha value is -1.83. The number of carbonyl (C=O) groups excluding carboxylic acids is 1. The standard InChI is InChI=1S/C15H20N2O2/c1-12-13(7-5-9-16)6-4-8-14(12)15(18)17(2)10-11-19-3/h4,6,8H,9-11,16H2,1-3H3. The van der Waals surface area contributed by atoms with Gasteiger partial charge in [-0.25, -0.2) is 0 Å². The first kappa shape index (κ1) is 15.2. The van der Waals surface area contributed by atoms with E-state index in [1.54, 1.807) is 19.1 Å². The Labute approximate surface area is 114 Å². The van der Waals surface area contributed by atoms with Crippen LogP contribution in [-0.4, -0.2) is 44.7 Å². The zero-order valence-corrected chi connectivity index (χ0v) is 11.7. The van der Waals surface area contributed by atoms with E-state index in [-0.39, 0.29) is 5.91 Å². The van der Waals surface area contributed by atoms with Crippen molar-refractivity contribution in [1.82, 2.24) is 4.90 Å². The summed E-state index contributed by atoms with van der Waals surface area (Å²) in [6.07, 6.45) is 0. The second-order valence-corrected chi connectivity index (χ2v) is 4.20. The summed E-state index contributed by atoms with van der Waals surface area (Å²) in [4.78, 5) is 13.9. The first-order valence-corrected chi connectivity index (χ1v) is 6.14. The topological polar surface area (TPSA) is 55.6 Å². The molecule has 0 atom stereocenters. The van der Waals surface area contributed by atoms with Crippen molar-refractivity contribution in [2.45, 2.75) is 6.92 Å². The second-order valence-electron chi connectivity index (χ2n) is 4.20. The molecule has 0 aliphatic heterocycles. The van der Waals surface area contributed by atoms with Crippen molar-refractivity contribution in [2.75, 3.05) is 33.9 Å². The van der Waals surface area contributed by atoms with Gasteiger partial charge in [-0.3, -0.25) is 4.79 Å². The van der Waals surface area contributed by atoms with E-state index in [4.69, 9.17) is 10.5 Å². The van der Waals surface area contributed by atoms with Gasteiger partial charge in [-0.1, -0.05) is 17.9 Å². The highest BCUT2D eigenvalue weighted by atomic mass is 16.5. The van der Waals surface area contributed by atoms with Crippen LogP contribution in [0.1, 0.15) is 21.5 Å². The molecule has 0 aliphatic rings. The summed E-state index contributed by atoms with van der Waals surface area (Å²) in [6.45, 7) is 3.30. The van der Waals surface area contributed by atoms with Gasteiger partial charge in [0, 0.05) is 31.8 Å². The molecular weight excluding hydrogens is 240 g/mol. The number of nitrogens with zero attached hydrogens (tertiary/aromatic N) is 1. The first-order valence-electron chi connectivity index (χ1n) is 6.14. The Bertz CT molecular complexity index is 501. The maximum atomic E-state index is 12.3. The summed E-state index contributed by atoms with van der Waals surface area (Å²) < 4.78 is 4.98. The Morgan fingerprint density at radius 2 is 2.21 bits per heavy atom. The average Bonchev–Trinajstić information content (AvgIpc) is 2.43. The average molecular weight is 260 g/mol. The fourth-order valence-electron chi connectivity index (χ4n) is 1.68. The number of benzene rings is 1. The minimum absolute atomic E-state index is 0.0223. The van der Waals surface area contributed by atoms with Gasteiger partial charge >= 0.3 is 0 Å². The monoisotopic (exact) mass is 260 g/mol. The minimum atomic E-state index is -0.0223. The van der Waals surface area contributed by atoms with Crippen LogP contribution in [0, 0.1) is 18.8 Å². The van der Waals surface area contributed by atoms with Crippen LogP contribution in [0.4, 0.5) is 0 Å². The fraction of sp³-hybridized carbons (Fsp3) is 0.400. The lowest BCUT2D eigenvalue weighted by Crippen LogP contribution is -2.30. The predicted molar refractivity (Wildman–Crippen MR) is 75.9 cm³/mol. The van der Waals surface area contributed by atoms with E-state index >= 15 is 0 Å². The van der Waals surface area contributed by atoms with Crippen molar-refractivity contribution in [1.29, 1.82) is 0 Å². The molecule has 0 saturated heterocycles. The second kappa shape index (κ2) is 7.57. The Kier molecular flexibility index (Phi) is 6.07. The number of hydrogen-bond donors (Lipinski definition) is 1. The van der Waals surface area contributed by atoms with Gasteiger partial charge in [-0.15, -0.1) is 0 Å². The maximum Gasteiger partial charge on any atom is 0.253 e. The minimum Gasteiger partial charge on any atom is -0.383 e. The molecular formula is C15H20N2O2. The van der Waals surface area contributed by atoms with Crippen LogP contribution in [0.2, 0.25) is 0 Å². The summed E-state index contributed by atoms with van der Waals surface area (Å²) in [7, 11) is 3.38. The first-order chi connectivity index (χ1) is 9.11. The summed E-state index contributed by atoms with van der Waals surface area (Å²) in [5, 5.41) is 0. The van der Waals surface area contributed by atoms with Crippen molar-refractivity contribution in [2.24, 2.45) is 5.73 Å². The number of nitrogens with two attached hydrogens (primary N) is 1. The van der Waals surface area contributed by atoms with Crippen LogP contribution in [0.15, 0.2) is 18.2 Å². The van der Waals surface area contributed by atoms with Gasteiger partial charge in [0.15, 0.2) is 0 Å². The van der Waals surface area contributed by atoms with Crippen molar-refractivity contribution in [3.8, 4) is 11.8 Å². The molecule has 0 aromatic heterocycles. The number of carbonyl (C=O) groups is 1. The Balaban J connectivity index is 2.97. The molecule has 0 spiro atoms. The highest BCUT2D eigenvalue weighted by Gasteiger charge is 2.14. The third kappa shape index (κ3) is 4.09. The van der Waals surface area contributed by atoms with E-state index in [1.165, 1.54) is 0 Å². The van der Waals surface area contributed by atoms with E-state index in [0.717, 1.165) is 11.1 Å². The van der Waals surface area contributed by atoms with Crippen LogP contribution in [-0.2, 0) is 4.74 Å². The molecule has 0 radical (unpaired) electrons. The quantitative estimate of drug-likeness (QED) is 0.822. The molecule has 0 unspecified atom stereocenters. The number of ether oxygens (including phenoxy) is 1. The van der Waals surface area contributed by atoms with Crippen molar-refractivity contribution < 1.29 is 9.53 Å². The molecule has 0 heterocycles. The van der Waals surface area contributed by atoms with Crippen LogP contribution in [0.5, 0.6) is 0 Å². The molecule has 1 amide bonds. The van der Waals surface area contributed by atoms with E-state index < -0.39 is 0 Å². The fourth-order valence-corrected chi connectivity index (χ4v) is 1.68. The lowest BCUT2D eigenvalue weighted by molar-refractivity contribution is 0.0743. The number of hydrogen-bond acceptors (Lipinski definition) is 3. The third-order valence-corrected chi connectivity index (χ3v) is 2.87. The molecule has 102 valence electrons. The SMILES string of the molecule is COCCN(C)C(=O)c1cccc(C#CCN)c1C. The van der Waals surface area contributed by atoms with Crippen molar-refractivity contribution in [3.63, 3.8) is 0 Å². The van der Waals surface area contributed by atoms with Gasteiger partial charge in [-0.05, 0) is 24.6 Å². The Morgan fingerprint density at radius 3 is 2.84 bits per heavy atom. The van der Waals surface area contributed by atoms with Crippen LogP contribution >= 0.6 is 0 Å². The van der Waals surface area contributed by atoms with Gasteiger partial charge in [0.25, 0.3) is 5.91 Å². The van der Waals surface area contributed by atoms with E-state index in [2.05, 4.69) is 11.8 Å². The normalized spacial score (nSPS) is 9.68. The number of methoxy groups -OCH3 is 1. The zero-order chi connectivity index (χ0) is 14.3. The summed E-state index contributed by atoms with van der Waals surface area (Å²) in [5.41, 5.74) is 7.76. The van der Waals surface area contributed by atoms with Gasteiger partial charge in [0.2, 0.25) is 0 Å². The summed E-state index contributed by atoms with van der Waals surface area (Å²) >= 11 is 0. The van der Waals surface area contributed by atoms with Crippen molar-refractivity contribution >= 4 is 5.91 Å². The lowest BCUT2D eigenvalue weighted by Gasteiger charge is -2.18. The van der Waals surface area contributed by atoms with Gasteiger partial charge in [0.05, 0.1) is 13.2 Å². The van der Waals surface area contributed by atoms with E-state index in [0.29, 0.717) is 25.3 Å². The third-order valence-electron chi connectivity index (χ3n) is 2.87. The summed E-state index contributed by atoms with van der Waals surface area (Å²) in [6, 6.07) is 5.55. The molecule has 2 N–H and O–H groups in total. The maximum absolute atomic E-state index is 12.3. The van der Waals surface area contributed by atoms with Crippen LogP contribution in [0.3, 0.4) is 0 Å². The number of rotatable bonds is 4. The number of amides is 1. The number of likely N-dealkylation sites (N-methyl/N-ethyl adjacent to an activating group) is 1. The highest BCUT2D eigenvalue weighted by Crippen LogP contribution is 2.14. The van der Waals surface area contributed by atoms with Gasteiger partial charge in [0.1, 0.15) is 0 Å². The molecule has 4 nitrogen and oxygen atoms in total. The molecule has 0 aliphatic carbocycles. The largest absolute Gasteiger partial charge is 0.383 e. The smallest absolute Gasteiger partial charge is 0.253 e. The molecule has 0 bridgehead atoms. The van der Waals surface area contributed by atoms with Crippen LogP contribution in [0.25, 0.3) is 0 Å². The molecule has 0 fully saturated rings. The lowest BCUT2D eigenvalue weighted by atomic mass is 10.0. The molecule has 1 rings (SSSR count). The molecule has 19 heavy (non-hydrogen) atoms. The van der Waals surface area contributed by atoms with Gasteiger partial charge in [-0.2, -0.15) is 0 Å². The molecule has 1 aromatic carbocycles. The zero-order valence-electron chi connectivity index (χ0n) is 11.7. The van der Waals surface area contributed by atoms with Crippen LogP contribution < -0.4 is 5.73 Å². The summed E-state index contributed by atoms with van der Waals surface area (Å²) in [5.74, 6) is 5.77. The highest BCUT2D eigenvalue weighted by molar-refractivity contribution is 5.96. The predicted octanol–water partition coefficient (Wildman–Crippen LogP) is 1.02. The molecule has 0 saturated carbocycles. The van der Waals surface area contributed by atoms with Gasteiger partial charge < -0.3 is 15.4 Å². The van der Waals surface area contributed by atoms with E-state index in [1.807, 2.05) is 25.1 Å². The van der Waals surface area contributed by atoms with E-state index in [9.17, 15) is 4.79 Å².